The number of nitrogens with two attached hydrogens (primary N) is 1. The van der Waals surface area contributed by atoms with Gasteiger partial charge < -0.3 is 11.1 Å². The summed E-state index contributed by atoms with van der Waals surface area (Å²) in [7, 11) is 0. The third-order valence-electron chi connectivity index (χ3n) is 5.16. The summed E-state index contributed by atoms with van der Waals surface area (Å²) < 4.78 is 0. The van der Waals surface area contributed by atoms with Crippen LogP contribution < -0.4 is 11.1 Å². The van der Waals surface area contributed by atoms with Crippen LogP contribution in [0.5, 0.6) is 0 Å². The van der Waals surface area contributed by atoms with E-state index in [1.807, 2.05) is 0 Å². The molecule has 0 aromatic heterocycles. The Bertz CT molecular complexity index is 900. The van der Waals surface area contributed by atoms with Crippen molar-refractivity contribution in [3.63, 3.8) is 0 Å². The van der Waals surface area contributed by atoms with E-state index in [-0.39, 0.29) is 5.69 Å². The Kier molecular flexibility index (Phi) is 5.38. The Hall–Kier alpha value is -2.97. The molecule has 1 saturated carbocycles. The van der Waals surface area contributed by atoms with Crippen LogP contribution in [0.25, 0.3) is 0 Å². The molecule has 0 radical (unpaired) electrons. The molecule has 0 unspecified atom stereocenters. The lowest BCUT2D eigenvalue weighted by atomic mass is 9.64. The van der Waals surface area contributed by atoms with Gasteiger partial charge in [0.15, 0.2) is 0 Å². The topological polar surface area (TPSA) is 129 Å². The molecular weight excluding hydrogens is 362 g/mol. The van der Waals surface area contributed by atoms with Crippen molar-refractivity contribution < 1.29 is 4.92 Å². The number of nitriles is 2. The third kappa shape index (κ3) is 3.49. The quantitative estimate of drug-likeness (QED) is 0.599. The number of hydrogen-bond acceptors (Lipinski definition) is 7. The molecule has 27 heavy (non-hydrogen) atoms. The van der Waals surface area contributed by atoms with E-state index in [1.165, 1.54) is 23.9 Å². The van der Waals surface area contributed by atoms with Gasteiger partial charge >= 0.3 is 0 Å². The number of nitro benzene ring substituents is 1. The van der Waals surface area contributed by atoms with Gasteiger partial charge in [-0.25, -0.2) is 0 Å². The molecule has 0 amide bonds. The standard InChI is InChI=1S/C19H19N5O2S/c20-10-15-17(22)23-18(16(11-21)19(15)8-2-1-3-9-19)27-12-13-4-6-14(7-5-13)24(25)26/h4-7,23H,1-3,8-9,12,22H2. The molecule has 1 aliphatic carbocycles. The highest BCUT2D eigenvalue weighted by atomic mass is 32.2. The fourth-order valence-electron chi connectivity index (χ4n) is 3.81. The van der Waals surface area contributed by atoms with Crippen LogP contribution in [0.1, 0.15) is 37.7 Å². The zero-order chi connectivity index (χ0) is 19.4. The van der Waals surface area contributed by atoms with Crippen molar-refractivity contribution in [2.45, 2.75) is 37.9 Å². The van der Waals surface area contributed by atoms with E-state index in [1.54, 1.807) is 12.1 Å². The molecule has 0 bridgehead atoms. The van der Waals surface area contributed by atoms with Gasteiger partial charge in [-0.15, -0.1) is 11.8 Å². The average Bonchev–Trinajstić information content (AvgIpc) is 2.67. The summed E-state index contributed by atoms with van der Waals surface area (Å²) in [5, 5.41) is 34.0. The maximum atomic E-state index is 10.8. The fraction of sp³-hybridized carbons (Fsp3) is 0.368. The van der Waals surface area contributed by atoms with E-state index in [9.17, 15) is 20.6 Å². The molecule has 1 aromatic carbocycles. The Labute approximate surface area is 161 Å². The molecule has 8 heteroatoms. The molecule has 1 heterocycles. The van der Waals surface area contributed by atoms with Crippen LogP contribution in [0.4, 0.5) is 5.69 Å². The zero-order valence-corrected chi connectivity index (χ0v) is 15.5. The molecule has 1 aliphatic heterocycles. The molecule has 138 valence electrons. The maximum Gasteiger partial charge on any atom is 0.269 e. The minimum absolute atomic E-state index is 0.0449. The van der Waals surface area contributed by atoms with Crippen molar-refractivity contribution in [3.8, 4) is 12.1 Å². The molecule has 7 nitrogen and oxygen atoms in total. The molecule has 3 rings (SSSR count). The number of allylic oxidation sites excluding steroid dienone is 2. The lowest BCUT2D eigenvalue weighted by molar-refractivity contribution is -0.384. The van der Waals surface area contributed by atoms with Gasteiger partial charge in [0.05, 0.1) is 33.2 Å². The zero-order valence-electron chi connectivity index (χ0n) is 14.7. The molecule has 0 atom stereocenters. The van der Waals surface area contributed by atoms with Crippen LogP contribution in [0, 0.1) is 38.2 Å². The van der Waals surface area contributed by atoms with Crippen LogP contribution in [-0.4, -0.2) is 4.92 Å². The lowest BCUT2D eigenvalue weighted by Gasteiger charge is -2.40. The smallest absolute Gasteiger partial charge is 0.269 e. The van der Waals surface area contributed by atoms with Gasteiger partial charge in [-0.05, 0) is 18.4 Å². The molecule has 0 saturated heterocycles. The summed E-state index contributed by atoms with van der Waals surface area (Å²) in [5.41, 5.74) is 7.56. The summed E-state index contributed by atoms with van der Waals surface area (Å²) in [6.45, 7) is 0. The number of benzene rings is 1. The number of hydrogen-bond donors (Lipinski definition) is 2. The first-order valence-electron chi connectivity index (χ1n) is 8.70. The summed E-state index contributed by atoms with van der Waals surface area (Å²) >= 11 is 1.43. The van der Waals surface area contributed by atoms with E-state index in [0.717, 1.165) is 37.7 Å². The first-order chi connectivity index (χ1) is 13.0. The molecular formula is C19H19N5O2S. The minimum atomic E-state index is -0.588. The number of non-ortho nitro benzene ring substituents is 1. The highest BCUT2D eigenvalue weighted by Crippen LogP contribution is 2.52. The predicted octanol–water partition coefficient (Wildman–Crippen LogP) is 3.81. The molecule has 3 N–H and O–H groups in total. The number of nitro groups is 1. The Morgan fingerprint density at radius 3 is 2.33 bits per heavy atom. The number of nitrogens with one attached hydrogen (secondary N) is 1. The largest absolute Gasteiger partial charge is 0.384 e. The van der Waals surface area contributed by atoms with Gasteiger partial charge in [-0.3, -0.25) is 10.1 Å². The lowest BCUT2D eigenvalue weighted by Crippen LogP contribution is -2.39. The van der Waals surface area contributed by atoms with Crippen LogP contribution in [0.15, 0.2) is 46.3 Å². The normalized spacial score (nSPS) is 18.6. The van der Waals surface area contributed by atoms with Gasteiger partial charge in [0.2, 0.25) is 0 Å². The maximum absolute atomic E-state index is 10.8. The summed E-state index contributed by atoms with van der Waals surface area (Å²) in [4.78, 5) is 10.3. The van der Waals surface area contributed by atoms with Crippen molar-refractivity contribution in [1.82, 2.24) is 5.32 Å². The van der Waals surface area contributed by atoms with Crippen molar-refractivity contribution in [3.05, 3.63) is 61.9 Å². The minimum Gasteiger partial charge on any atom is -0.384 e. The Morgan fingerprint density at radius 1 is 1.15 bits per heavy atom. The first kappa shape index (κ1) is 18.8. The van der Waals surface area contributed by atoms with Gasteiger partial charge in [0, 0.05) is 23.3 Å². The van der Waals surface area contributed by atoms with Crippen LogP contribution in [-0.2, 0) is 5.75 Å². The molecule has 2 aliphatic rings. The van der Waals surface area contributed by atoms with Crippen LogP contribution in [0.3, 0.4) is 0 Å². The Morgan fingerprint density at radius 2 is 1.78 bits per heavy atom. The van der Waals surface area contributed by atoms with Crippen molar-refractivity contribution in [2.24, 2.45) is 11.1 Å². The second-order valence-corrected chi connectivity index (χ2v) is 7.68. The fourth-order valence-corrected chi connectivity index (χ4v) is 4.88. The van der Waals surface area contributed by atoms with E-state index in [2.05, 4.69) is 17.5 Å². The predicted molar refractivity (Wildman–Crippen MR) is 103 cm³/mol. The summed E-state index contributed by atoms with van der Waals surface area (Å²) in [6.07, 6.45) is 4.52. The van der Waals surface area contributed by atoms with E-state index < -0.39 is 10.3 Å². The van der Waals surface area contributed by atoms with Gasteiger partial charge in [0.1, 0.15) is 5.82 Å². The highest BCUT2D eigenvalue weighted by Gasteiger charge is 2.45. The monoisotopic (exact) mass is 381 g/mol. The number of thioether (sulfide) groups is 1. The second kappa shape index (κ2) is 7.73. The number of dihydropyridines is 1. The molecule has 1 aromatic rings. The Balaban J connectivity index is 1.88. The van der Waals surface area contributed by atoms with E-state index in [4.69, 9.17) is 5.73 Å². The highest BCUT2D eigenvalue weighted by molar-refractivity contribution is 8.02. The molecule has 1 spiro atoms. The average molecular weight is 381 g/mol. The first-order valence-corrected chi connectivity index (χ1v) is 9.69. The van der Waals surface area contributed by atoms with Crippen molar-refractivity contribution >= 4 is 17.4 Å². The van der Waals surface area contributed by atoms with Gasteiger partial charge in [0.25, 0.3) is 5.69 Å². The van der Waals surface area contributed by atoms with Crippen molar-refractivity contribution in [2.75, 3.05) is 0 Å². The van der Waals surface area contributed by atoms with Crippen molar-refractivity contribution in [1.29, 1.82) is 10.5 Å². The summed E-state index contributed by atoms with van der Waals surface area (Å²) in [6, 6.07) is 10.9. The number of rotatable bonds is 4. The van der Waals surface area contributed by atoms with Crippen LogP contribution in [0.2, 0.25) is 0 Å². The van der Waals surface area contributed by atoms with Gasteiger partial charge in [-0.1, -0.05) is 31.4 Å². The summed E-state index contributed by atoms with van der Waals surface area (Å²) in [5.74, 6) is 0.862. The third-order valence-corrected chi connectivity index (χ3v) is 6.24. The molecule has 1 fully saturated rings. The van der Waals surface area contributed by atoms with E-state index in [0.29, 0.717) is 27.7 Å². The SMILES string of the molecule is N#CC1=C(N)NC(SCc2ccc([N+](=O)[O-])cc2)=C(C#N)C12CCCCC2. The van der Waals surface area contributed by atoms with E-state index >= 15 is 0 Å². The van der Waals surface area contributed by atoms with Crippen LogP contribution >= 0.6 is 11.8 Å². The van der Waals surface area contributed by atoms with Gasteiger partial charge in [-0.2, -0.15) is 10.5 Å². The number of nitrogens with zero attached hydrogens (tertiary/aromatic N) is 3. The second-order valence-electron chi connectivity index (χ2n) is 6.70.